The molecule has 0 unspecified atom stereocenters. The van der Waals surface area contributed by atoms with E-state index in [0.29, 0.717) is 23.1 Å². The minimum atomic E-state index is -0.229. The molecule has 144 valence electrons. The van der Waals surface area contributed by atoms with Crippen molar-refractivity contribution in [1.29, 1.82) is 0 Å². The standard InChI is InChI=1S/C20H20N4O3S/c1-27-18-12-24(13-19(26)23-11-15-6-3-2-4-7-15)16(10-17(18)25)14-28-20-21-8-5-9-22-20/h2-10,12H,11,13-14H2,1H3,(H,23,26). The molecule has 3 rings (SSSR count). The Hall–Kier alpha value is -3.13. The SMILES string of the molecule is COc1cn(CC(=O)NCc2ccccc2)c(CSc2ncccn2)cc1=O. The average molecular weight is 396 g/mol. The molecule has 0 aliphatic rings. The van der Waals surface area contributed by atoms with Crippen LogP contribution >= 0.6 is 11.8 Å². The highest BCUT2D eigenvalue weighted by Gasteiger charge is 2.11. The molecule has 0 aliphatic heterocycles. The smallest absolute Gasteiger partial charge is 0.240 e. The van der Waals surface area contributed by atoms with E-state index >= 15 is 0 Å². The topological polar surface area (TPSA) is 86.1 Å². The van der Waals surface area contributed by atoms with Gasteiger partial charge < -0.3 is 14.6 Å². The Kier molecular flexibility index (Phi) is 6.80. The fourth-order valence-corrected chi connectivity index (χ4v) is 3.32. The van der Waals surface area contributed by atoms with Crippen LogP contribution in [0, 0.1) is 0 Å². The maximum Gasteiger partial charge on any atom is 0.240 e. The fourth-order valence-electron chi connectivity index (χ4n) is 2.52. The predicted molar refractivity (Wildman–Crippen MR) is 107 cm³/mol. The van der Waals surface area contributed by atoms with E-state index in [0.717, 1.165) is 5.56 Å². The summed E-state index contributed by atoms with van der Waals surface area (Å²) in [5.41, 5.74) is 1.48. The van der Waals surface area contributed by atoms with Crippen LogP contribution in [-0.4, -0.2) is 27.6 Å². The lowest BCUT2D eigenvalue weighted by molar-refractivity contribution is -0.121. The van der Waals surface area contributed by atoms with Gasteiger partial charge in [-0.15, -0.1) is 0 Å². The molecule has 0 atom stereocenters. The van der Waals surface area contributed by atoms with Crippen LogP contribution in [0.25, 0.3) is 0 Å². The molecule has 0 saturated heterocycles. The second-order valence-electron chi connectivity index (χ2n) is 5.91. The summed E-state index contributed by atoms with van der Waals surface area (Å²) in [6.45, 7) is 0.522. The first kappa shape index (κ1) is 19.6. The molecule has 1 amide bonds. The number of ether oxygens (including phenoxy) is 1. The van der Waals surface area contributed by atoms with Crippen molar-refractivity contribution in [2.75, 3.05) is 7.11 Å². The first-order valence-electron chi connectivity index (χ1n) is 8.63. The lowest BCUT2D eigenvalue weighted by Crippen LogP contribution is -2.28. The summed E-state index contributed by atoms with van der Waals surface area (Å²) in [6, 6.07) is 12.9. The van der Waals surface area contributed by atoms with Crippen molar-refractivity contribution < 1.29 is 9.53 Å². The number of aromatic nitrogens is 3. The van der Waals surface area contributed by atoms with Gasteiger partial charge in [-0.3, -0.25) is 9.59 Å². The average Bonchev–Trinajstić information content (AvgIpc) is 2.73. The van der Waals surface area contributed by atoms with Gasteiger partial charge in [0.15, 0.2) is 10.9 Å². The monoisotopic (exact) mass is 396 g/mol. The van der Waals surface area contributed by atoms with Crippen LogP contribution < -0.4 is 15.5 Å². The summed E-state index contributed by atoms with van der Waals surface area (Å²) in [5.74, 6) is 0.493. The lowest BCUT2D eigenvalue weighted by atomic mass is 10.2. The summed E-state index contributed by atoms with van der Waals surface area (Å²) in [7, 11) is 1.43. The van der Waals surface area contributed by atoms with E-state index in [1.54, 1.807) is 29.2 Å². The van der Waals surface area contributed by atoms with Gasteiger partial charge >= 0.3 is 0 Å². The van der Waals surface area contributed by atoms with Crippen LogP contribution in [-0.2, 0) is 23.6 Å². The molecule has 0 saturated carbocycles. The molecule has 0 spiro atoms. The van der Waals surface area contributed by atoms with Crippen molar-refractivity contribution in [2.24, 2.45) is 0 Å². The van der Waals surface area contributed by atoms with Gasteiger partial charge in [0, 0.05) is 36.5 Å². The zero-order chi connectivity index (χ0) is 19.8. The van der Waals surface area contributed by atoms with Crippen LogP contribution in [0.2, 0.25) is 0 Å². The Balaban J connectivity index is 1.72. The summed E-state index contributed by atoms with van der Waals surface area (Å²) in [6.07, 6.45) is 4.88. The number of pyridine rings is 1. The Morgan fingerprint density at radius 3 is 2.64 bits per heavy atom. The van der Waals surface area contributed by atoms with Crippen molar-refractivity contribution in [3.8, 4) is 5.75 Å². The molecule has 0 aliphatic carbocycles. The minimum absolute atomic E-state index is 0.0784. The zero-order valence-electron chi connectivity index (χ0n) is 15.4. The molecule has 28 heavy (non-hydrogen) atoms. The van der Waals surface area contributed by atoms with Crippen LogP contribution in [0.15, 0.2) is 71.0 Å². The van der Waals surface area contributed by atoms with Gasteiger partial charge in [0.2, 0.25) is 11.3 Å². The number of rotatable bonds is 8. The molecule has 0 fully saturated rings. The van der Waals surface area contributed by atoms with E-state index in [1.165, 1.54) is 24.9 Å². The Morgan fingerprint density at radius 2 is 1.93 bits per heavy atom. The molecule has 2 heterocycles. The van der Waals surface area contributed by atoms with Crippen molar-refractivity contribution in [3.63, 3.8) is 0 Å². The first-order chi connectivity index (χ1) is 13.7. The molecule has 0 radical (unpaired) electrons. The van der Waals surface area contributed by atoms with Gasteiger partial charge in [-0.2, -0.15) is 0 Å². The van der Waals surface area contributed by atoms with E-state index in [4.69, 9.17) is 4.74 Å². The van der Waals surface area contributed by atoms with Gasteiger partial charge in [0.05, 0.1) is 13.3 Å². The van der Waals surface area contributed by atoms with E-state index in [-0.39, 0.29) is 23.6 Å². The van der Waals surface area contributed by atoms with Crippen molar-refractivity contribution >= 4 is 17.7 Å². The number of carbonyl (C=O) groups excluding carboxylic acids is 1. The second kappa shape index (κ2) is 9.70. The highest BCUT2D eigenvalue weighted by molar-refractivity contribution is 7.98. The maximum atomic E-state index is 12.4. The van der Waals surface area contributed by atoms with Crippen LogP contribution in [0.1, 0.15) is 11.3 Å². The normalized spacial score (nSPS) is 10.5. The molecule has 1 aromatic carbocycles. The number of thioether (sulfide) groups is 1. The van der Waals surface area contributed by atoms with E-state index in [9.17, 15) is 9.59 Å². The van der Waals surface area contributed by atoms with Crippen molar-refractivity contribution in [3.05, 3.63) is 82.5 Å². The Labute approximate surface area is 166 Å². The lowest BCUT2D eigenvalue weighted by Gasteiger charge is -2.14. The molecule has 0 bridgehead atoms. The molecular weight excluding hydrogens is 376 g/mol. The highest BCUT2D eigenvalue weighted by atomic mass is 32.2. The predicted octanol–water partition coefficient (Wildman–Crippen LogP) is 2.26. The summed E-state index contributed by atoms with van der Waals surface area (Å²) in [4.78, 5) is 32.9. The number of methoxy groups -OCH3 is 1. The van der Waals surface area contributed by atoms with Gasteiger partial charge in [0.25, 0.3) is 0 Å². The fraction of sp³-hybridized carbons (Fsp3) is 0.200. The van der Waals surface area contributed by atoms with Crippen molar-refractivity contribution in [1.82, 2.24) is 19.9 Å². The van der Waals surface area contributed by atoms with Gasteiger partial charge in [0.1, 0.15) is 6.54 Å². The molecule has 8 heteroatoms. The maximum absolute atomic E-state index is 12.4. The number of benzene rings is 1. The summed E-state index contributed by atoms with van der Waals surface area (Å²) in [5, 5.41) is 3.49. The number of nitrogens with one attached hydrogen (secondary N) is 1. The molecule has 1 N–H and O–H groups in total. The quantitative estimate of drug-likeness (QED) is 0.464. The van der Waals surface area contributed by atoms with Gasteiger partial charge in [-0.05, 0) is 11.6 Å². The first-order valence-corrected chi connectivity index (χ1v) is 9.62. The third-order valence-corrected chi connectivity index (χ3v) is 4.85. The molecular formula is C20H20N4O3S. The van der Waals surface area contributed by atoms with Crippen LogP contribution in [0.3, 0.4) is 0 Å². The minimum Gasteiger partial charge on any atom is -0.491 e. The Morgan fingerprint density at radius 1 is 1.18 bits per heavy atom. The third kappa shape index (κ3) is 5.43. The van der Waals surface area contributed by atoms with E-state index < -0.39 is 0 Å². The number of hydrogen-bond acceptors (Lipinski definition) is 6. The van der Waals surface area contributed by atoms with E-state index in [2.05, 4.69) is 15.3 Å². The third-order valence-electron chi connectivity index (χ3n) is 3.94. The molecule has 2 aromatic heterocycles. The number of nitrogens with zero attached hydrogens (tertiary/aromatic N) is 3. The molecule has 3 aromatic rings. The summed E-state index contributed by atoms with van der Waals surface area (Å²) < 4.78 is 6.84. The van der Waals surface area contributed by atoms with E-state index in [1.807, 2.05) is 30.3 Å². The van der Waals surface area contributed by atoms with Crippen molar-refractivity contribution in [2.45, 2.75) is 24.0 Å². The number of amides is 1. The highest BCUT2D eigenvalue weighted by Crippen LogP contribution is 2.19. The summed E-state index contributed by atoms with van der Waals surface area (Å²) >= 11 is 1.39. The Bertz CT molecular complexity index is 978. The molecule has 7 nitrogen and oxygen atoms in total. The van der Waals surface area contributed by atoms with Gasteiger partial charge in [-0.25, -0.2) is 9.97 Å². The second-order valence-corrected chi connectivity index (χ2v) is 6.85. The van der Waals surface area contributed by atoms with Crippen LogP contribution in [0.5, 0.6) is 5.75 Å². The zero-order valence-corrected chi connectivity index (χ0v) is 16.2. The number of carbonyl (C=O) groups is 1. The largest absolute Gasteiger partial charge is 0.491 e. The van der Waals surface area contributed by atoms with Crippen LogP contribution in [0.4, 0.5) is 0 Å². The van der Waals surface area contributed by atoms with Gasteiger partial charge in [-0.1, -0.05) is 42.1 Å². The number of hydrogen-bond donors (Lipinski definition) is 1.